The van der Waals surface area contributed by atoms with Crippen molar-refractivity contribution in [1.29, 1.82) is 0 Å². The molecule has 2 aromatic carbocycles. The third-order valence-corrected chi connectivity index (χ3v) is 3.63. The Morgan fingerprint density at radius 1 is 1.08 bits per heavy atom. The lowest BCUT2D eigenvalue weighted by atomic mass is 10.2. The topological polar surface area (TPSA) is 76.8 Å². The number of hydrazone groups is 1. The Balaban J connectivity index is 1.78. The fourth-order valence-electron chi connectivity index (χ4n) is 2.21. The fourth-order valence-corrected chi connectivity index (χ4v) is 2.21. The molecule has 0 saturated carbocycles. The third kappa shape index (κ3) is 6.63. The number of unbranched alkanes of at least 4 members (excludes halogenated alkanes) is 3. The molecule has 0 heterocycles. The van der Waals surface area contributed by atoms with Crippen LogP contribution in [-0.4, -0.2) is 17.7 Å². The molecule has 1 N–H and O–H groups in total. The highest BCUT2D eigenvalue weighted by atomic mass is 16.6. The number of nitrogens with zero attached hydrogens (tertiary/aromatic N) is 2. The van der Waals surface area contributed by atoms with Gasteiger partial charge in [-0.3, -0.25) is 15.5 Å². The summed E-state index contributed by atoms with van der Waals surface area (Å²) in [7, 11) is 0. The normalized spacial score (nSPS) is 10.8. The SMILES string of the molecule is CCCCCCOc1ccc(/C=N\Nc2ccc([N+](=O)[O-])cc2)cc1. The average molecular weight is 341 g/mol. The third-order valence-electron chi connectivity index (χ3n) is 3.63. The van der Waals surface area contributed by atoms with Gasteiger partial charge in [-0.15, -0.1) is 0 Å². The molecule has 0 bridgehead atoms. The van der Waals surface area contributed by atoms with E-state index in [0.717, 1.165) is 24.3 Å². The van der Waals surface area contributed by atoms with E-state index in [2.05, 4.69) is 17.5 Å². The Labute approximate surface area is 147 Å². The molecule has 0 atom stereocenters. The van der Waals surface area contributed by atoms with E-state index in [1.54, 1.807) is 18.3 Å². The number of benzene rings is 2. The molecule has 6 heteroatoms. The highest BCUT2D eigenvalue weighted by Crippen LogP contribution is 2.15. The first kappa shape index (κ1) is 18.4. The zero-order valence-corrected chi connectivity index (χ0v) is 14.4. The lowest BCUT2D eigenvalue weighted by molar-refractivity contribution is -0.384. The molecule has 0 radical (unpaired) electrons. The number of non-ortho nitro benzene ring substituents is 1. The van der Waals surface area contributed by atoms with E-state index >= 15 is 0 Å². The van der Waals surface area contributed by atoms with E-state index in [0.29, 0.717) is 5.69 Å². The number of rotatable bonds is 10. The lowest BCUT2D eigenvalue weighted by Crippen LogP contribution is -1.97. The van der Waals surface area contributed by atoms with Crippen molar-refractivity contribution >= 4 is 17.6 Å². The molecule has 2 rings (SSSR count). The van der Waals surface area contributed by atoms with Gasteiger partial charge < -0.3 is 4.74 Å². The van der Waals surface area contributed by atoms with Crippen LogP contribution in [0.15, 0.2) is 53.6 Å². The van der Waals surface area contributed by atoms with Crippen molar-refractivity contribution in [2.75, 3.05) is 12.0 Å². The van der Waals surface area contributed by atoms with Crippen LogP contribution in [0.3, 0.4) is 0 Å². The Bertz CT molecular complexity index is 682. The largest absolute Gasteiger partial charge is 0.494 e. The summed E-state index contributed by atoms with van der Waals surface area (Å²) < 4.78 is 5.70. The van der Waals surface area contributed by atoms with Crippen molar-refractivity contribution in [2.24, 2.45) is 5.10 Å². The van der Waals surface area contributed by atoms with Gasteiger partial charge in [-0.2, -0.15) is 5.10 Å². The van der Waals surface area contributed by atoms with Crippen molar-refractivity contribution in [2.45, 2.75) is 32.6 Å². The quantitative estimate of drug-likeness (QED) is 0.285. The van der Waals surface area contributed by atoms with E-state index in [-0.39, 0.29) is 5.69 Å². The van der Waals surface area contributed by atoms with Gasteiger partial charge in [-0.25, -0.2) is 0 Å². The van der Waals surface area contributed by atoms with Gasteiger partial charge in [-0.1, -0.05) is 26.2 Å². The molecule has 132 valence electrons. The minimum atomic E-state index is -0.430. The monoisotopic (exact) mass is 341 g/mol. The van der Waals surface area contributed by atoms with Crippen molar-refractivity contribution in [3.8, 4) is 5.75 Å². The summed E-state index contributed by atoms with van der Waals surface area (Å²) in [4.78, 5) is 10.2. The molecular weight excluding hydrogens is 318 g/mol. The lowest BCUT2D eigenvalue weighted by Gasteiger charge is -2.06. The van der Waals surface area contributed by atoms with Crippen LogP contribution in [0.2, 0.25) is 0 Å². The smallest absolute Gasteiger partial charge is 0.269 e. The van der Waals surface area contributed by atoms with Crippen molar-refractivity contribution in [3.05, 3.63) is 64.2 Å². The van der Waals surface area contributed by atoms with Crippen LogP contribution in [0.4, 0.5) is 11.4 Å². The number of hydrogen-bond acceptors (Lipinski definition) is 5. The summed E-state index contributed by atoms with van der Waals surface area (Å²) >= 11 is 0. The summed E-state index contributed by atoms with van der Waals surface area (Å²) in [5, 5.41) is 14.7. The second-order valence-corrected chi connectivity index (χ2v) is 5.65. The van der Waals surface area contributed by atoms with Gasteiger partial charge in [0.05, 0.1) is 23.4 Å². The predicted molar refractivity (Wildman–Crippen MR) is 100 cm³/mol. The summed E-state index contributed by atoms with van der Waals surface area (Å²) in [5.74, 6) is 0.858. The van der Waals surface area contributed by atoms with E-state index < -0.39 is 4.92 Å². The number of nitro groups is 1. The van der Waals surface area contributed by atoms with Crippen LogP contribution in [-0.2, 0) is 0 Å². The second-order valence-electron chi connectivity index (χ2n) is 5.65. The van der Waals surface area contributed by atoms with Gasteiger partial charge in [0, 0.05) is 12.1 Å². The maximum Gasteiger partial charge on any atom is 0.269 e. The Morgan fingerprint density at radius 3 is 2.44 bits per heavy atom. The number of nitrogens with one attached hydrogen (secondary N) is 1. The van der Waals surface area contributed by atoms with Gasteiger partial charge >= 0.3 is 0 Å². The summed E-state index contributed by atoms with van der Waals surface area (Å²) in [6.45, 7) is 2.94. The van der Waals surface area contributed by atoms with E-state index in [4.69, 9.17) is 4.74 Å². The van der Waals surface area contributed by atoms with Gasteiger partial charge in [0.15, 0.2) is 0 Å². The first-order valence-corrected chi connectivity index (χ1v) is 8.45. The van der Waals surface area contributed by atoms with E-state index in [1.807, 2.05) is 24.3 Å². The zero-order chi connectivity index (χ0) is 17.9. The molecule has 0 aromatic heterocycles. The molecule has 2 aromatic rings. The first-order chi connectivity index (χ1) is 12.2. The minimum absolute atomic E-state index is 0.0554. The van der Waals surface area contributed by atoms with E-state index in [1.165, 1.54) is 31.4 Å². The van der Waals surface area contributed by atoms with Crippen LogP contribution in [0, 0.1) is 10.1 Å². The van der Waals surface area contributed by atoms with Gasteiger partial charge in [0.2, 0.25) is 0 Å². The molecule has 0 aliphatic heterocycles. The highest BCUT2D eigenvalue weighted by Gasteiger charge is 2.02. The minimum Gasteiger partial charge on any atom is -0.494 e. The number of ether oxygens (including phenoxy) is 1. The van der Waals surface area contributed by atoms with E-state index in [9.17, 15) is 10.1 Å². The predicted octanol–water partition coefficient (Wildman–Crippen LogP) is 5.00. The number of hydrogen-bond donors (Lipinski definition) is 1. The molecule has 0 aliphatic rings. The molecular formula is C19H23N3O3. The summed E-state index contributed by atoms with van der Waals surface area (Å²) in [6.07, 6.45) is 6.45. The van der Waals surface area contributed by atoms with Gasteiger partial charge in [0.1, 0.15) is 5.75 Å². The summed E-state index contributed by atoms with van der Waals surface area (Å²) in [6, 6.07) is 13.8. The molecule has 0 unspecified atom stereocenters. The average Bonchev–Trinajstić information content (AvgIpc) is 2.63. The highest BCUT2D eigenvalue weighted by molar-refractivity contribution is 5.80. The Morgan fingerprint density at radius 2 is 1.80 bits per heavy atom. The van der Waals surface area contributed by atoms with Crippen LogP contribution in [0.1, 0.15) is 38.2 Å². The van der Waals surface area contributed by atoms with Crippen LogP contribution in [0.25, 0.3) is 0 Å². The van der Waals surface area contributed by atoms with Crippen molar-refractivity contribution in [3.63, 3.8) is 0 Å². The number of anilines is 1. The maximum absolute atomic E-state index is 10.6. The van der Waals surface area contributed by atoms with Crippen LogP contribution in [0.5, 0.6) is 5.75 Å². The Kier molecular flexibility index (Phi) is 7.43. The first-order valence-electron chi connectivity index (χ1n) is 8.45. The fraction of sp³-hybridized carbons (Fsp3) is 0.316. The molecule has 0 fully saturated rings. The molecule has 0 aliphatic carbocycles. The molecule has 25 heavy (non-hydrogen) atoms. The molecule has 0 amide bonds. The van der Waals surface area contributed by atoms with Gasteiger partial charge in [0.25, 0.3) is 5.69 Å². The molecule has 0 spiro atoms. The zero-order valence-electron chi connectivity index (χ0n) is 14.4. The Hall–Kier alpha value is -2.89. The maximum atomic E-state index is 10.6. The van der Waals surface area contributed by atoms with Crippen molar-refractivity contribution < 1.29 is 9.66 Å². The summed E-state index contributed by atoms with van der Waals surface area (Å²) in [5.41, 5.74) is 4.53. The van der Waals surface area contributed by atoms with Crippen LogP contribution >= 0.6 is 0 Å². The standard InChI is InChI=1S/C19H23N3O3/c1-2-3-4-5-14-25-19-12-6-16(7-13-19)15-20-21-17-8-10-18(11-9-17)22(23)24/h6-13,15,21H,2-5,14H2,1H3/b20-15-. The molecule has 0 saturated heterocycles. The van der Waals surface area contributed by atoms with Crippen LogP contribution < -0.4 is 10.2 Å². The van der Waals surface area contributed by atoms with Gasteiger partial charge in [-0.05, 0) is 48.4 Å². The number of nitro benzene ring substituents is 1. The molecule has 6 nitrogen and oxygen atoms in total. The second kappa shape index (κ2) is 10.1. The van der Waals surface area contributed by atoms with Crippen molar-refractivity contribution in [1.82, 2.24) is 0 Å².